The van der Waals surface area contributed by atoms with Gasteiger partial charge in [0.25, 0.3) is 0 Å². The zero-order valence-electron chi connectivity index (χ0n) is 16.6. The van der Waals surface area contributed by atoms with Crippen LogP contribution in [0.5, 0.6) is 0 Å². The summed E-state index contributed by atoms with van der Waals surface area (Å²) in [7, 11) is -3.55. The van der Waals surface area contributed by atoms with Gasteiger partial charge in [0, 0.05) is 32.1 Å². The maximum absolute atomic E-state index is 13.1. The van der Waals surface area contributed by atoms with Gasteiger partial charge in [-0.15, -0.1) is 0 Å². The number of piperidine rings is 1. The standard InChI is InChI=1S/C22H28N2O3S/c1-4-23(16-17(2)3)22(25)19-11-13-24(14-12-19)28(26,27)21-10-9-18-7-5-6-8-20(18)15-21/h5-10,15,19H,2,4,11-14,16H2,1,3H3. The van der Waals surface area contributed by atoms with Crippen LogP contribution in [-0.4, -0.2) is 49.7 Å². The van der Waals surface area contributed by atoms with Crippen molar-refractivity contribution < 1.29 is 13.2 Å². The third-order valence-corrected chi connectivity index (χ3v) is 7.21. The van der Waals surface area contributed by atoms with Gasteiger partial charge in [0.2, 0.25) is 15.9 Å². The minimum absolute atomic E-state index is 0.105. The largest absolute Gasteiger partial charge is 0.339 e. The number of carbonyl (C=O) groups is 1. The predicted molar refractivity (Wildman–Crippen MR) is 112 cm³/mol. The molecule has 1 fully saturated rings. The molecule has 3 rings (SSSR count). The number of amides is 1. The molecule has 1 aliphatic heterocycles. The second-order valence-electron chi connectivity index (χ2n) is 7.50. The van der Waals surface area contributed by atoms with Gasteiger partial charge >= 0.3 is 0 Å². The van der Waals surface area contributed by atoms with Gasteiger partial charge < -0.3 is 4.90 Å². The highest BCUT2D eigenvalue weighted by Gasteiger charge is 2.33. The van der Waals surface area contributed by atoms with E-state index in [0.717, 1.165) is 16.3 Å². The van der Waals surface area contributed by atoms with Gasteiger partial charge in [0.1, 0.15) is 0 Å². The van der Waals surface area contributed by atoms with Gasteiger partial charge in [0.15, 0.2) is 0 Å². The summed E-state index contributed by atoms with van der Waals surface area (Å²) in [5.41, 5.74) is 0.950. The van der Waals surface area contributed by atoms with E-state index in [2.05, 4.69) is 6.58 Å². The van der Waals surface area contributed by atoms with Crippen molar-refractivity contribution in [1.29, 1.82) is 0 Å². The number of carbonyl (C=O) groups excluding carboxylic acids is 1. The second kappa shape index (κ2) is 8.45. The van der Waals surface area contributed by atoms with E-state index in [0.29, 0.717) is 43.9 Å². The van der Waals surface area contributed by atoms with Crippen molar-refractivity contribution in [3.63, 3.8) is 0 Å². The van der Waals surface area contributed by atoms with E-state index < -0.39 is 10.0 Å². The van der Waals surface area contributed by atoms with Crippen LogP contribution >= 0.6 is 0 Å². The van der Waals surface area contributed by atoms with Crippen molar-refractivity contribution in [2.75, 3.05) is 26.2 Å². The maximum Gasteiger partial charge on any atom is 0.243 e. The van der Waals surface area contributed by atoms with Gasteiger partial charge in [-0.1, -0.05) is 42.5 Å². The van der Waals surface area contributed by atoms with Gasteiger partial charge in [-0.25, -0.2) is 8.42 Å². The van der Waals surface area contributed by atoms with Crippen LogP contribution in [0.3, 0.4) is 0 Å². The number of benzene rings is 2. The average Bonchev–Trinajstić information content (AvgIpc) is 2.71. The SMILES string of the molecule is C=C(C)CN(CC)C(=O)C1CCN(S(=O)(=O)c2ccc3ccccc3c2)CC1. The third-order valence-electron chi connectivity index (χ3n) is 5.32. The lowest BCUT2D eigenvalue weighted by molar-refractivity contribution is -0.136. The Balaban J connectivity index is 1.70. The number of fused-ring (bicyclic) bond motifs is 1. The molecular formula is C22H28N2O3S. The monoisotopic (exact) mass is 400 g/mol. The number of nitrogens with zero attached hydrogens (tertiary/aromatic N) is 2. The predicted octanol–water partition coefficient (Wildman–Crippen LogP) is 3.67. The molecule has 0 bridgehead atoms. The molecule has 28 heavy (non-hydrogen) atoms. The quantitative estimate of drug-likeness (QED) is 0.695. The van der Waals surface area contributed by atoms with E-state index in [1.165, 1.54) is 4.31 Å². The minimum Gasteiger partial charge on any atom is -0.339 e. The first-order chi connectivity index (χ1) is 13.3. The summed E-state index contributed by atoms with van der Waals surface area (Å²) in [5.74, 6) is -0.0180. The van der Waals surface area contributed by atoms with Crippen LogP contribution in [0.4, 0.5) is 0 Å². The molecule has 2 aromatic rings. The van der Waals surface area contributed by atoms with E-state index in [1.54, 1.807) is 17.0 Å². The fraction of sp³-hybridized carbons (Fsp3) is 0.409. The first kappa shape index (κ1) is 20.6. The highest BCUT2D eigenvalue weighted by molar-refractivity contribution is 7.89. The normalized spacial score (nSPS) is 16.2. The van der Waals surface area contributed by atoms with Crippen molar-refractivity contribution in [3.05, 3.63) is 54.6 Å². The first-order valence-corrected chi connectivity index (χ1v) is 11.2. The third kappa shape index (κ3) is 4.28. The van der Waals surface area contributed by atoms with Crippen molar-refractivity contribution in [2.24, 2.45) is 5.92 Å². The highest BCUT2D eigenvalue weighted by Crippen LogP contribution is 2.27. The molecule has 1 saturated heterocycles. The molecule has 0 spiro atoms. The molecule has 0 aliphatic carbocycles. The Morgan fingerprint density at radius 3 is 2.39 bits per heavy atom. The first-order valence-electron chi connectivity index (χ1n) is 9.75. The molecule has 0 radical (unpaired) electrons. The summed E-state index contributed by atoms with van der Waals surface area (Å²) in [5, 5.41) is 1.93. The molecule has 6 heteroatoms. The minimum atomic E-state index is -3.55. The number of likely N-dealkylation sites (N-methyl/N-ethyl adjacent to an activating group) is 1. The number of rotatable bonds is 6. The smallest absolute Gasteiger partial charge is 0.243 e. The van der Waals surface area contributed by atoms with E-state index >= 15 is 0 Å². The number of hydrogen-bond donors (Lipinski definition) is 0. The van der Waals surface area contributed by atoms with E-state index in [1.807, 2.05) is 44.2 Å². The molecule has 0 aromatic heterocycles. The zero-order valence-corrected chi connectivity index (χ0v) is 17.4. The fourth-order valence-corrected chi connectivity index (χ4v) is 5.26. The van der Waals surface area contributed by atoms with Crippen LogP contribution in [0.1, 0.15) is 26.7 Å². The molecule has 5 nitrogen and oxygen atoms in total. The van der Waals surface area contributed by atoms with Crippen LogP contribution < -0.4 is 0 Å². The second-order valence-corrected chi connectivity index (χ2v) is 9.43. The van der Waals surface area contributed by atoms with Crippen LogP contribution in [0.25, 0.3) is 10.8 Å². The summed E-state index contributed by atoms with van der Waals surface area (Å²) in [6.45, 7) is 9.70. The molecule has 0 atom stereocenters. The van der Waals surface area contributed by atoms with Crippen LogP contribution in [0, 0.1) is 5.92 Å². The molecule has 0 unspecified atom stereocenters. The lowest BCUT2D eigenvalue weighted by atomic mass is 9.96. The van der Waals surface area contributed by atoms with E-state index in [4.69, 9.17) is 0 Å². The lowest BCUT2D eigenvalue weighted by Crippen LogP contribution is -2.44. The van der Waals surface area contributed by atoms with Crippen molar-refractivity contribution in [2.45, 2.75) is 31.6 Å². The molecule has 0 N–H and O–H groups in total. The molecule has 1 amide bonds. The summed E-state index contributed by atoms with van der Waals surface area (Å²) in [4.78, 5) is 14.9. The molecule has 2 aromatic carbocycles. The zero-order chi connectivity index (χ0) is 20.3. The highest BCUT2D eigenvalue weighted by atomic mass is 32.2. The Morgan fingerprint density at radius 1 is 1.14 bits per heavy atom. The maximum atomic E-state index is 13.1. The summed E-state index contributed by atoms with van der Waals surface area (Å²) in [6, 6.07) is 13.0. The molecule has 1 heterocycles. The fourth-order valence-electron chi connectivity index (χ4n) is 3.75. The van der Waals surface area contributed by atoms with E-state index in [9.17, 15) is 13.2 Å². The Labute approximate surface area is 167 Å². The van der Waals surface area contributed by atoms with E-state index in [-0.39, 0.29) is 11.8 Å². The topological polar surface area (TPSA) is 57.7 Å². The number of hydrogen-bond acceptors (Lipinski definition) is 3. The van der Waals surface area contributed by atoms with Crippen molar-refractivity contribution in [1.82, 2.24) is 9.21 Å². The van der Waals surface area contributed by atoms with Gasteiger partial charge in [0.05, 0.1) is 4.90 Å². The Hall–Kier alpha value is -2.18. The Kier molecular flexibility index (Phi) is 6.20. The van der Waals surface area contributed by atoms with Gasteiger partial charge in [-0.3, -0.25) is 4.79 Å². The molecule has 150 valence electrons. The van der Waals surface area contributed by atoms with Gasteiger partial charge in [-0.05, 0) is 49.6 Å². The average molecular weight is 401 g/mol. The Morgan fingerprint density at radius 2 is 1.79 bits per heavy atom. The van der Waals surface area contributed by atoms with Gasteiger partial charge in [-0.2, -0.15) is 4.31 Å². The Bertz CT molecular complexity index is 976. The summed E-state index contributed by atoms with van der Waals surface area (Å²) < 4.78 is 27.6. The number of sulfonamides is 1. The molecular weight excluding hydrogens is 372 g/mol. The van der Waals surface area contributed by atoms with Crippen molar-refractivity contribution in [3.8, 4) is 0 Å². The van der Waals surface area contributed by atoms with Crippen LogP contribution in [0.2, 0.25) is 0 Å². The van der Waals surface area contributed by atoms with Crippen LogP contribution in [0.15, 0.2) is 59.5 Å². The molecule has 1 aliphatic rings. The molecule has 0 saturated carbocycles. The van der Waals surface area contributed by atoms with Crippen molar-refractivity contribution >= 4 is 26.7 Å². The lowest BCUT2D eigenvalue weighted by Gasteiger charge is -2.33. The summed E-state index contributed by atoms with van der Waals surface area (Å²) in [6.07, 6.45) is 1.11. The van der Waals surface area contributed by atoms with Crippen LogP contribution in [-0.2, 0) is 14.8 Å². The summed E-state index contributed by atoms with van der Waals surface area (Å²) >= 11 is 0.